The van der Waals surface area contributed by atoms with Crippen LogP contribution < -0.4 is 15.8 Å². The Morgan fingerprint density at radius 3 is 1.42 bits per heavy atom. The number of carbonyl (C=O) groups is 1. The highest BCUT2D eigenvalue weighted by molar-refractivity contribution is 6.05. The number of para-hydroxylation sites is 2. The molecular formula is C120H116FN19O3. The first-order chi connectivity index (χ1) is 69.4. The number of oxime groups is 1. The van der Waals surface area contributed by atoms with Gasteiger partial charge < -0.3 is 31.0 Å². The molecule has 24 rings (SSSR count). The van der Waals surface area contributed by atoms with Crippen LogP contribution >= 0.6 is 0 Å². The Kier molecular flexibility index (Phi) is 38.8. The number of carbonyl (C=O) groups excluding carboxylic acids is 1. The summed E-state index contributed by atoms with van der Waals surface area (Å²) in [7, 11) is 1.58. The molecule has 0 aliphatic rings. The smallest absolute Gasteiger partial charge is 0.256 e. The van der Waals surface area contributed by atoms with E-state index in [1.54, 1.807) is 75.7 Å². The zero-order chi connectivity index (χ0) is 101. The van der Waals surface area contributed by atoms with Crippen molar-refractivity contribution in [3.05, 3.63) is 492 Å². The molecule has 8 N–H and O–H groups in total. The Morgan fingerprint density at radius 2 is 0.776 bits per heavy atom. The number of benzene rings is 13. The SMILES string of the molecule is COc1ccc(C)c(C(=O)Nc2ccncc2)c1.Cc1ccc(F)c(C(N)=NO)c1.Cc1ccc2[nH]ncc2c1.Cc1ccc2cccnc2c1.Cc1ccc2cn[nH]c2c1.Cc1ccc2nc[nH]c2c1.Cc1ccc2nc[nH]c2c1.Cc1ccc2ncccc2c1.Cc1ccc2nccnc2c1.Cc1cccc2ncccc12.Cc1ccccc1.Cc1ccnc2ccccc12.Cc1cnc2ccccc2c1. The van der Waals surface area contributed by atoms with E-state index in [9.17, 15) is 9.18 Å². The minimum atomic E-state index is -0.490. The Hall–Kier alpha value is -18.3. The third-order valence-corrected chi connectivity index (χ3v) is 22.0. The number of rotatable bonds is 4. The van der Waals surface area contributed by atoms with Crippen molar-refractivity contribution in [2.45, 2.75) is 90.0 Å². The monoisotopic (exact) mass is 1890 g/mol. The first-order valence-electron chi connectivity index (χ1n) is 46.3. The topological polar surface area (TPSA) is 315 Å². The number of aromatic amines is 4. The third kappa shape index (κ3) is 32.5. The fraction of sp³-hybridized carbons (Fsp3) is 0.117. The molecule has 1 amide bonds. The molecule has 0 aliphatic carbocycles. The van der Waals surface area contributed by atoms with Crippen molar-refractivity contribution in [2.75, 3.05) is 12.4 Å². The molecule has 11 aromatic heterocycles. The minimum absolute atomic E-state index is 0.123. The number of ether oxygens (including phenoxy) is 1. The number of hydrogen-bond acceptors (Lipinski definition) is 16. The van der Waals surface area contributed by atoms with Gasteiger partial charge >= 0.3 is 0 Å². The molecule has 0 spiro atoms. The molecule has 0 fully saturated rings. The van der Waals surface area contributed by atoms with Crippen molar-refractivity contribution in [3.63, 3.8) is 0 Å². The van der Waals surface area contributed by atoms with Crippen LogP contribution in [0.4, 0.5) is 10.1 Å². The van der Waals surface area contributed by atoms with Gasteiger partial charge in [-0.25, -0.2) is 14.4 Å². The van der Waals surface area contributed by atoms with E-state index in [4.69, 9.17) is 15.7 Å². The molecule has 143 heavy (non-hydrogen) atoms. The van der Waals surface area contributed by atoms with Crippen molar-refractivity contribution in [1.82, 2.24) is 80.2 Å². The van der Waals surface area contributed by atoms with Gasteiger partial charge in [0.05, 0.1) is 109 Å². The van der Waals surface area contributed by atoms with Gasteiger partial charge in [-0.05, 0) is 298 Å². The van der Waals surface area contributed by atoms with Gasteiger partial charge in [-0.15, -0.1) is 0 Å². The predicted octanol–water partition coefficient (Wildman–Crippen LogP) is 28.0. The Bertz CT molecular complexity index is 7510. The number of fused-ring (bicyclic) bond motifs is 10. The minimum Gasteiger partial charge on any atom is -0.497 e. The van der Waals surface area contributed by atoms with Gasteiger partial charge in [-0.2, -0.15) is 10.2 Å². The normalized spacial score (nSPS) is 10.3. The van der Waals surface area contributed by atoms with Crippen LogP contribution in [0.5, 0.6) is 5.75 Å². The summed E-state index contributed by atoms with van der Waals surface area (Å²) in [6.07, 6.45) is 23.0. The molecule has 0 saturated heterocycles. The lowest BCUT2D eigenvalue weighted by Gasteiger charge is -2.09. The standard InChI is InChI=1S/C14H14N2O2.5C10H9N.C9H8N2.C8H9FN2O.4C8H8N2.C7H8/c1-10-3-4-12(18-2)9-13(10)14(17)16-11-5-7-15-8-6-11;1-8-4-2-6-10-9(8)5-3-7-11-10;1-8-4-5-10-9(7-8)3-2-6-11-10;1-8-4-5-9-3-2-6-11-10(9)7-8;1-8-6-9-4-2-3-5-10(9)11-7-8;1-8-6-7-11-10-5-3-2-4-9(8)10;1-7-2-3-8-9(6-7)11-5-4-10-8;1-5-2-3-7(9)6(4-5)8(10)11-12;1-6-2-3-8-7(4-6)5-9-10-8;2*1-6-2-3-7-8(4-6)10-5-9-7;1-6-2-3-7-5-9-10-8(7)4-6;1-7-5-3-2-4-6-7/h3-9H,1-2H3,(H,15,16,17);5*2-7H,1H3;2-6H,1H3;2-4,12H,1H3,(H2,10,11);4*2-5H,1H3,(H,9,10);2-6H,1H3. The maximum absolute atomic E-state index is 12.9. The first kappa shape index (κ1) is 104. The highest BCUT2D eigenvalue weighted by atomic mass is 19.1. The Balaban J connectivity index is 0.000000139. The van der Waals surface area contributed by atoms with Crippen LogP contribution in [-0.2, 0) is 0 Å². The zero-order valence-corrected chi connectivity index (χ0v) is 82.6. The number of imidazole rings is 2. The third-order valence-electron chi connectivity index (χ3n) is 22.0. The largest absolute Gasteiger partial charge is 0.497 e. The van der Waals surface area contributed by atoms with Gasteiger partial charge in [-0.1, -0.05) is 191 Å². The summed E-state index contributed by atoms with van der Waals surface area (Å²) < 4.78 is 18.1. The molecule has 0 aliphatic heterocycles. The second kappa shape index (κ2) is 53.5. The molecule has 23 heteroatoms. The summed E-state index contributed by atoms with van der Waals surface area (Å²) in [6, 6.07) is 106. The van der Waals surface area contributed by atoms with Crippen LogP contribution in [0.1, 0.15) is 88.2 Å². The first-order valence-corrected chi connectivity index (χ1v) is 46.3. The Morgan fingerprint density at radius 1 is 0.315 bits per heavy atom. The number of halogens is 1. The van der Waals surface area contributed by atoms with E-state index in [0.29, 0.717) is 11.3 Å². The summed E-state index contributed by atoms with van der Waals surface area (Å²) in [5.41, 5.74) is 36.1. The number of aromatic nitrogens is 16. The van der Waals surface area contributed by atoms with Crippen LogP contribution in [-0.4, -0.2) is 104 Å². The predicted molar refractivity (Wildman–Crippen MR) is 585 cm³/mol. The molecule has 13 aromatic carbocycles. The molecule has 11 heterocycles. The summed E-state index contributed by atoms with van der Waals surface area (Å²) in [5.74, 6) is -0.190. The summed E-state index contributed by atoms with van der Waals surface area (Å²) in [6.45, 7) is 26.5. The zero-order valence-electron chi connectivity index (χ0n) is 82.6. The fourth-order valence-electron chi connectivity index (χ4n) is 14.4. The average Bonchev–Trinajstić information content (AvgIpc) is 1.38. The molecule has 0 saturated carbocycles. The molecule has 24 aromatic rings. The average molecular weight is 1890 g/mol. The number of aryl methyl sites for hydroxylation is 13. The molecule has 716 valence electrons. The lowest BCUT2D eigenvalue weighted by atomic mass is 10.1. The van der Waals surface area contributed by atoms with Crippen molar-refractivity contribution in [2.24, 2.45) is 10.9 Å². The number of anilines is 1. The quantitative estimate of drug-likeness (QED) is 0.0373. The lowest BCUT2D eigenvalue weighted by Crippen LogP contribution is -2.15. The molecular weight excluding hydrogens is 1770 g/mol. The highest BCUT2D eigenvalue weighted by Gasteiger charge is 2.12. The summed E-state index contributed by atoms with van der Waals surface area (Å²) in [4.78, 5) is 59.9. The van der Waals surface area contributed by atoms with Crippen LogP contribution in [0.3, 0.4) is 0 Å². The van der Waals surface area contributed by atoms with E-state index in [1.807, 2.05) is 203 Å². The van der Waals surface area contributed by atoms with Gasteiger partial charge in [0.1, 0.15) is 11.6 Å². The van der Waals surface area contributed by atoms with E-state index in [1.165, 1.54) is 111 Å². The molecule has 0 radical (unpaired) electrons. The van der Waals surface area contributed by atoms with E-state index in [-0.39, 0.29) is 17.3 Å². The van der Waals surface area contributed by atoms with Gasteiger partial charge in [-0.3, -0.25) is 54.9 Å². The van der Waals surface area contributed by atoms with Crippen LogP contribution in [0.2, 0.25) is 0 Å². The number of amides is 1. The van der Waals surface area contributed by atoms with E-state index >= 15 is 0 Å². The number of hydrogen-bond donors (Lipinski definition) is 7. The second-order valence-electron chi connectivity index (χ2n) is 33.7. The summed E-state index contributed by atoms with van der Waals surface area (Å²) >= 11 is 0. The second-order valence-corrected chi connectivity index (χ2v) is 33.7. The van der Waals surface area contributed by atoms with Gasteiger partial charge in [0.25, 0.3) is 5.91 Å². The Labute approximate surface area is 831 Å². The number of nitrogens with one attached hydrogen (secondary N) is 5. The van der Waals surface area contributed by atoms with Gasteiger partial charge in [0.2, 0.25) is 0 Å². The fourth-order valence-corrected chi connectivity index (χ4v) is 14.4. The van der Waals surface area contributed by atoms with Crippen molar-refractivity contribution in [3.8, 4) is 5.75 Å². The van der Waals surface area contributed by atoms with E-state index in [2.05, 4.69) is 299 Å². The lowest BCUT2D eigenvalue weighted by molar-refractivity contribution is 0.102. The number of amidine groups is 1. The number of methoxy groups -OCH3 is 1. The highest BCUT2D eigenvalue weighted by Crippen LogP contribution is 2.23. The number of H-pyrrole nitrogens is 4. The molecule has 0 unspecified atom stereocenters. The molecule has 0 atom stereocenters. The van der Waals surface area contributed by atoms with E-state index < -0.39 is 5.82 Å². The van der Waals surface area contributed by atoms with Crippen LogP contribution in [0, 0.1) is 95.8 Å². The number of nitrogens with zero attached hydrogens (tertiary/aromatic N) is 13. The number of nitrogens with two attached hydrogens (primary N) is 1. The summed E-state index contributed by atoms with van der Waals surface area (Å²) in [5, 5.41) is 36.0. The number of pyridine rings is 6. The molecule has 0 bridgehead atoms. The van der Waals surface area contributed by atoms with Crippen molar-refractivity contribution < 1.29 is 19.1 Å². The van der Waals surface area contributed by atoms with E-state index in [0.717, 1.165) is 88.5 Å². The van der Waals surface area contributed by atoms with Crippen molar-refractivity contribution in [1.29, 1.82) is 0 Å². The van der Waals surface area contributed by atoms with Crippen molar-refractivity contribution >= 4 is 127 Å². The van der Waals surface area contributed by atoms with Crippen LogP contribution in [0.25, 0.3) is 109 Å². The maximum Gasteiger partial charge on any atom is 0.256 e. The van der Waals surface area contributed by atoms with Crippen LogP contribution in [0.15, 0.2) is 407 Å². The van der Waals surface area contributed by atoms with Gasteiger partial charge in [0.15, 0.2) is 5.84 Å². The maximum atomic E-state index is 12.9. The molecule has 22 nitrogen and oxygen atoms in total. The van der Waals surface area contributed by atoms with Gasteiger partial charge in [0, 0.05) is 105 Å².